The molecule has 0 N–H and O–H groups in total. The van der Waals surface area contributed by atoms with E-state index in [2.05, 4.69) is 60.2 Å². The number of nitrogens with zero attached hydrogens (tertiary/aromatic N) is 2. The molecule has 3 aromatic rings. The Morgan fingerprint density at radius 2 is 1.52 bits per heavy atom. The van der Waals surface area contributed by atoms with Crippen LogP contribution in [0.3, 0.4) is 0 Å². The fraction of sp³-hybridized carbons (Fsp3) is 0.333. The molecule has 0 aliphatic carbocycles. The topological polar surface area (TPSA) is 19.6 Å². The Labute approximate surface area is 124 Å². The smallest absolute Gasteiger partial charge is 0.135 e. The predicted octanol–water partition coefficient (Wildman–Crippen LogP) is 3.65. The van der Waals surface area contributed by atoms with Crippen molar-refractivity contribution in [2.75, 3.05) is 38.1 Å². The molecule has 2 aromatic carbocycles. The Morgan fingerprint density at radius 1 is 0.857 bits per heavy atom. The lowest BCUT2D eigenvalue weighted by Gasteiger charge is -2.34. The normalized spacial score (nSPS) is 17.0. The minimum Gasteiger partial charge on any atom is -0.456 e. The number of piperazine rings is 1. The Bertz CT molecular complexity index is 797. The summed E-state index contributed by atoms with van der Waals surface area (Å²) in [5.74, 6) is 0. The van der Waals surface area contributed by atoms with Crippen LogP contribution in [0.1, 0.15) is 5.56 Å². The van der Waals surface area contributed by atoms with E-state index in [0.29, 0.717) is 0 Å². The molecule has 0 amide bonds. The number of hydrogen-bond donors (Lipinski definition) is 0. The predicted molar refractivity (Wildman–Crippen MR) is 88.2 cm³/mol. The standard InChI is InChI=1S/C18H20N2O/c1-13-3-5-17-15(11-13)16-12-14(4-6-18(16)21-17)20-9-7-19(2)8-10-20/h3-6,11-12H,7-10H2,1-2H3. The van der Waals surface area contributed by atoms with E-state index in [4.69, 9.17) is 4.42 Å². The van der Waals surface area contributed by atoms with E-state index < -0.39 is 0 Å². The molecule has 1 aliphatic rings. The molecule has 21 heavy (non-hydrogen) atoms. The lowest BCUT2D eigenvalue weighted by Crippen LogP contribution is -2.44. The fourth-order valence-electron chi connectivity index (χ4n) is 3.14. The highest BCUT2D eigenvalue weighted by atomic mass is 16.3. The number of hydrogen-bond acceptors (Lipinski definition) is 3. The van der Waals surface area contributed by atoms with Gasteiger partial charge in [-0.1, -0.05) is 11.6 Å². The monoisotopic (exact) mass is 280 g/mol. The third kappa shape index (κ3) is 2.18. The van der Waals surface area contributed by atoms with Crippen molar-refractivity contribution < 1.29 is 4.42 Å². The zero-order chi connectivity index (χ0) is 14.4. The summed E-state index contributed by atoms with van der Waals surface area (Å²) in [6, 6.07) is 13.0. The van der Waals surface area contributed by atoms with Gasteiger partial charge in [-0.05, 0) is 44.3 Å². The van der Waals surface area contributed by atoms with Crippen molar-refractivity contribution in [3.63, 3.8) is 0 Å². The average molecular weight is 280 g/mol. The summed E-state index contributed by atoms with van der Waals surface area (Å²) < 4.78 is 5.94. The van der Waals surface area contributed by atoms with Crippen molar-refractivity contribution in [1.82, 2.24) is 4.90 Å². The van der Waals surface area contributed by atoms with Crippen LogP contribution in [0.2, 0.25) is 0 Å². The zero-order valence-electron chi connectivity index (χ0n) is 12.6. The Morgan fingerprint density at radius 3 is 2.29 bits per heavy atom. The van der Waals surface area contributed by atoms with E-state index in [9.17, 15) is 0 Å². The first-order chi connectivity index (χ1) is 10.2. The van der Waals surface area contributed by atoms with Crippen LogP contribution in [-0.4, -0.2) is 38.1 Å². The minimum atomic E-state index is 0.978. The van der Waals surface area contributed by atoms with Crippen molar-refractivity contribution in [1.29, 1.82) is 0 Å². The highest BCUT2D eigenvalue weighted by molar-refractivity contribution is 6.06. The van der Waals surface area contributed by atoms with Gasteiger partial charge < -0.3 is 14.2 Å². The summed E-state index contributed by atoms with van der Waals surface area (Å²) in [7, 11) is 2.19. The SMILES string of the molecule is Cc1ccc2oc3ccc(N4CCN(C)CC4)cc3c2c1. The molecule has 3 heteroatoms. The molecule has 3 nitrogen and oxygen atoms in total. The van der Waals surface area contributed by atoms with Crippen molar-refractivity contribution in [2.45, 2.75) is 6.92 Å². The van der Waals surface area contributed by atoms with Crippen LogP contribution in [0.15, 0.2) is 40.8 Å². The number of furan rings is 1. The molecule has 0 spiro atoms. The molecule has 108 valence electrons. The van der Waals surface area contributed by atoms with E-state index in [1.807, 2.05) is 0 Å². The molecule has 2 heterocycles. The quantitative estimate of drug-likeness (QED) is 0.678. The van der Waals surface area contributed by atoms with Crippen LogP contribution < -0.4 is 4.90 Å². The van der Waals surface area contributed by atoms with E-state index in [0.717, 1.165) is 37.3 Å². The Balaban J connectivity index is 1.81. The molecule has 1 saturated heterocycles. The molecule has 0 bridgehead atoms. The van der Waals surface area contributed by atoms with Crippen LogP contribution >= 0.6 is 0 Å². The summed E-state index contributed by atoms with van der Waals surface area (Å²) in [6.07, 6.45) is 0. The van der Waals surface area contributed by atoms with Gasteiger partial charge in [0.1, 0.15) is 11.2 Å². The zero-order valence-corrected chi connectivity index (χ0v) is 12.6. The van der Waals surface area contributed by atoms with E-state index >= 15 is 0 Å². The molecule has 1 aliphatic heterocycles. The third-order valence-corrected chi connectivity index (χ3v) is 4.48. The van der Waals surface area contributed by atoms with Crippen LogP contribution in [-0.2, 0) is 0 Å². The first-order valence-corrected chi connectivity index (χ1v) is 7.57. The molecule has 1 fully saturated rings. The summed E-state index contributed by atoms with van der Waals surface area (Å²) in [5, 5.41) is 2.45. The van der Waals surface area contributed by atoms with Gasteiger partial charge in [0, 0.05) is 42.6 Å². The lowest BCUT2D eigenvalue weighted by atomic mass is 10.1. The molecular weight excluding hydrogens is 260 g/mol. The first kappa shape index (κ1) is 12.7. The second-order valence-corrected chi connectivity index (χ2v) is 6.07. The largest absolute Gasteiger partial charge is 0.456 e. The second kappa shape index (κ2) is 4.78. The van der Waals surface area contributed by atoms with Gasteiger partial charge in [0.2, 0.25) is 0 Å². The Hall–Kier alpha value is -2.00. The van der Waals surface area contributed by atoms with Gasteiger partial charge in [-0.25, -0.2) is 0 Å². The fourth-order valence-corrected chi connectivity index (χ4v) is 3.14. The average Bonchev–Trinajstić information content (AvgIpc) is 2.85. The highest BCUT2D eigenvalue weighted by Gasteiger charge is 2.16. The highest BCUT2D eigenvalue weighted by Crippen LogP contribution is 2.32. The van der Waals surface area contributed by atoms with Crippen LogP contribution in [0.5, 0.6) is 0 Å². The summed E-state index contributed by atoms with van der Waals surface area (Å²) in [4.78, 5) is 4.85. The summed E-state index contributed by atoms with van der Waals surface area (Å²) in [6.45, 7) is 6.57. The van der Waals surface area contributed by atoms with Crippen molar-refractivity contribution >= 4 is 27.6 Å². The van der Waals surface area contributed by atoms with Crippen LogP contribution in [0.25, 0.3) is 21.9 Å². The van der Waals surface area contributed by atoms with E-state index in [1.54, 1.807) is 0 Å². The number of anilines is 1. The lowest BCUT2D eigenvalue weighted by molar-refractivity contribution is 0.313. The van der Waals surface area contributed by atoms with Crippen molar-refractivity contribution in [3.05, 3.63) is 42.0 Å². The second-order valence-electron chi connectivity index (χ2n) is 6.07. The number of rotatable bonds is 1. The van der Waals surface area contributed by atoms with Gasteiger partial charge >= 0.3 is 0 Å². The van der Waals surface area contributed by atoms with Gasteiger partial charge in [0.15, 0.2) is 0 Å². The minimum absolute atomic E-state index is 0.978. The molecule has 1 aromatic heterocycles. The third-order valence-electron chi connectivity index (χ3n) is 4.48. The molecule has 0 radical (unpaired) electrons. The van der Waals surface area contributed by atoms with Gasteiger partial charge in [0.05, 0.1) is 0 Å². The maximum absolute atomic E-state index is 5.94. The van der Waals surface area contributed by atoms with Gasteiger partial charge in [0.25, 0.3) is 0 Å². The van der Waals surface area contributed by atoms with Crippen LogP contribution in [0.4, 0.5) is 5.69 Å². The molecule has 0 atom stereocenters. The van der Waals surface area contributed by atoms with Gasteiger partial charge in [-0.2, -0.15) is 0 Å². The maximum Gasteiger partial charge on any atom is 0.135 e. The number of aryl methyl sites for hydroxylation is 1. The number of benzene rings is 2. The Kier molecular flexibility index (Phi) is 2.89. The van der Waals surface area contributed by atoms with Gasteiger partial charge in [-0.3, -0.25) is 0 Å². The van der Waals surface area contributed by atoms with Crippen molar-refractivity contribution in [2.24, 2.45) is 0 Å². The molecule has 4 rings (SSSR count). The molecular formula is C18H20N2O. The summed E-state index contributed by atoms with van der Waals surface area (Å²) in [5.41, 5.74) is 4.54. The van der Waals surface area contributed by atoms with E-state index in [1.165, 1.54) is 22.0 Å². The maximum atomic E-state index is 5.94. The van der Waals surface area contributed by atoms with E-state index in [-0.39, 0.29) is 0 Å². The number of likely N-dealkylation sites (N-methyl/N-ethyl adjacent to an activating group) is 1. The summed E-state index contributed by atoms with van der Waals surface area (Å²) >= 11 is 0. The molecule has 0 unspecified atom stereocenters. The first-order valence-electron chi connectivity index (χ1n) is 7.57. The number of fused-ring (bicyclic) bond motifs is 3. The van der Waals surface area contributed by atoms with Crippen LogP contribution in [0, 0.1) is 6.92 Å². The van der Waals surface area contributed by atoms with Gasteiger partial charge in [-0.15, -0.1) is 0 Å². The molecule has 0 saturated carbocycles. The van der Waals surface area contributed by atoms with Crippen molar-refractivity contribution in [3.8, 4) is 0 Å².